The fourth-order valence-electron chi connectivity index (χ4n) is 2.12. The van der Waals surface area contributed by atoms with Gasteiger partial charge in [0.05, 0.1) is 12.6 Å². The Morgan fingerprint density at radius 1 is 1.18 bits per heavy atom. The molecule has 0 amide bonds. The van der Waals surface area contributed by atoms with E-state index in [0.717, 1.165) is 38.3 Å². The fraction of sp³-hybridized carbons (Fsp3) is 0.462. The van der Waals surface area contributed by atoms with Crippen LogP contribution in [0, 0.1) is 11.3 Å². The first-order chi connectivity index (χ1) is 8.28. The molecule has 17 heavy (non-hydrogen) atoms. The minimum atomic E-state index is 0.325. The SMILES string of the molecule is N#CCN1CCN(Cc2cccc(O)c2)CC1. The normalized spacial score (nSPS) is 17.8. The van der Waals surface area contributed by atoms with Crippen molar-refractivity contribution < 1.29 is 5.11 Å². The molecule has 1 aliphatic heterocycles. The van der Waals surface area contributed by atoms with Crippen LogP contribution in [0.5, 0.6) is 5.75 Å². The zero-order chi connectivity index (χ0) is 12.1. The molecule has 0 saturated carbocycles. The first kappa shape index (κ1) is 11.9. The van der Waals surface area contributed by atoms with Gasteiger partial charge in [0.25, 0.3) is 0 Å². The molecule has 0 unspecified atom stereocenters. The van der Waals surface area contributed by atoms with E-state index < -0.39 is 0 Å². The Morgan fingerprint density at radius 3 is 2.53 bits per heavy atom. The Labute approximate surface area is 102 Å². The number of aromatic hydroxyl groups is 1. The van der Waals surface area contributed by atoms with E-state index in [1.807, 2.05) is 18.2 Å². The second-order valence-corrected chi connectivity index (χ2v) is 4.38. The highest BCUT2D eigenvalue weighted by atomic mass is 16.3. The van der Waals surface area contributed by atoms with Crippen molar-refractivity contribution in [1.82, 2.24) is 9.80 Å². The maximum atomic E-state index is 9.39. The molecule has 2 rings (SSSR count). The summed E-state index contributed by atoms with van der Waals surface area (Å²) in [4.78, 5) is 4.52. The summed E-state index contributed by atoms with van der Waals surface area (Å²) in [7, 11) is 0. The van der Waals surface area contributed by atoms with Crippen LogP contribution in [0.1, 0.15) is 5.56 Å². The van der Waals surface area contributed by atoms with Gasteiger partial charge >= 0.3 is 0 Å². The van der Waals surface area contributed by atoms with Crippen molar-refractivity contribution in [3.63, 3.8) is 0 Å². The van der Waals surface area contributed by atoms with Gasteiger partial charge in [0, 0.05) is 32.7 Å². The molecular formula is C13H17N3O. The van der Waals surface area contributed by atoms with E-state index in [4.69, 9.17) is 5.26 Å². The number of rotatable bonds is 3. The number of nitrogens with zero attached hydrogens (tertiary/aromatic N) is 3. The van der Waals surface area contributed by atoms with E-state index >= 15 is 0 Å². The number of piperazine rings is 1. The van der Waals surface area contributed by atoms with Gasteiger partial charge in [-0.15, -0.1) is 0 Å². The van der Waals surface area contributed by atoms with E-state index in [1.54, 1.807) is 6.07 Å². The first-order valence-electron chi connectivity index (χ1n) is 5.87. The van der Waals surface area contributed by atoms with E-state index in [-0.39, 0.29) is 0 Å². The van der Waals surface area contributed by atoms with Gasteiger partial charge in [-0.3, -0.25) is 9.80 Å². The fourth-order valence-corrected chi connectivity index (χ4v) is 2.12. The molecule has 1 heterocycles. The largest absolute Gasteiger partial charge is 0.508 e. The van der Waals surface area contributed by atoms with E-state index in [2.05, 4.69) is 15.9 Å². The lowest BCUT2D eigenvalue weighted by atomic mass is 10.2. The first-order valence-corrected chi connectivity index (χ1v) is 5.87. The molecule has 1 N–H and O–H groups in total. The number of phenolic OH excluding ortho intramolecular Hbond substituents is 1. The zero-order valence-corrected chi connectivity index (χ0v) is 9.84. The minimum absolute atomic E-state index is 0.325. The van der Waals surface area contributed by atoms with Crippen LogP contribution < -0.4 is 0 Å². The van der Waals surface area contributed by atoms with Gasteiger partial charge in [0.2, 0.25) is 0 Å². The maximum Gasteiger partial charge on any atom is 0.115 e. The molecule has 4 nitrogen and oxygen atoms in total. The van der Waals surface area contributed by atoms with Crippen molar-refractivity contribution in [2.75, 3.05) is 32.7 Å². The number of hydrogen-bond acceptors (Lipinski definition) is 4. The molecule has 0 bridgehead atoms. The van der Waals surface area contributed by atoms with Crippen LogP contribution >= 0.6 is 0 Å². The monoisotopic (exact) mass is 231 g/mol. The lowest BCUT2D eigenvalue weighted by Crippen LogP contribution is -2.45. The summed E-state index contributed by atoms with van der Waals surface area (Å²) in [5, 5.41) is 18.0. The van der Waals surface area contributed by atoms with E-state index in [0.29, 0.717) is 12.3 Å². The van der Waals surface area contributed by atoms with Crippen molar-refractivity contribution in [2.45, 2.75) is 6.54 Å². The summed E-state index contributed by atoms with van der Waals surface area (Å²) in [6.07, 6.45) is 0. The third kappa shape index (κ3) is 3.45. The number of benzene rings is 1. The zero-order valence-electron chi connectivity index (χ0n) is 9.84. The van der Waals surface area contributed by atoms with Crippen LogP contribution in [0.25, 0.3) is 0 Å². The molecule has 1 aromatic carbocycles. The van der Waals surface area contributed by atoms with Crippen LogP contribution in [0.3, 0.4) is 0 Å². The number of nitriles is 1. The molecule has 0 atom stereocenters. The summed E-state index contributed by atoms with van der Waals surface area (Å²) in [5.41, 5.74) is 1.14. The van der Waals surface area contributed by atoms with Gasteiger partial charge in [0.15, 0.2) is 0 Å². The Hall–Kier alpha value is -1.57. The molecule has 0 aromatic heterocycles. The third-order valence-corrected chi connectivity index (χ3v) is 3.08. The number of hydrogen-bond donors (Lipinski definition) is 1. The van der Waals surface area contributed by atoms with Crippen molar-refractivity contribution in [3.05, 3.63) is 29.8 Å². The van der Waals surface area contributed by atoms with E-state index in [1.165, 1.54) is 0 Å². The highest BCUT2D eigenvalue weighted by molar-refractivity contribution is 5.27. The van der Waals surface area contributed by atoms with Gasteiger partial charge in [-0.2, -0.15) is 5.26 Å². The predicted octanol–water partition coefficient (Wildman–Crippen LogP) is 1.03. The molecule has 4 heteroatoms. The van der Waals surface area contributed by atoms with Crippen molar-refractivity contribution >= 4 is 0 Å². The summed E-state index contributed by atoms with van der Waals surface area (Å²) < 4.78 is 0. The Morgan fingerprint density at radius 2 is 1.88 bits per heavy atom. The highest BCUT2D eigenvalue weighted by Crippen LogP contribution is 2.14. The molecule has 1 aromatic rings. The van der Waals surface area contributed by atoms with Gasteiger partial charge < -0.3 is 5.11 Å². The molecular weight excluding hydrogens is 214 g/mol. The molecule has 1 aliphatic rings. The molecule has 0 radical (unpaired) electrons. The molecule has 1 fully saturated rings. The summed E-state index contributed by atoms with van der Waals surface area (Å²) in [6, 6.07) is 9.58. The van der Waals surface area contributed by atoms with Crippen molar-refractivity contribution in [2.24, 2.45) is 0 Å². The minimum Gasteiger partial charge on any atom is -0.508 e. The molecule has 0 aliphatic carbocycles. The third-order valence-electron chi connectivity index (χ3n) is 3.08. The van der Waals surface area contributed by atoms with Crippen molar-refractivity contribution in [3.8, 4) is 11.8 Å². The summed E-state index contributed by atoms with van der Waals surface area (Å²) in [5.74, 6) is 0.325. The topological polar surface area (TPSA) is 50.5 Å². The number of phenols is 1. The van der Waals surface area contributed by atoms with Gasteiger partial charge in [-0.1, -0.05) is 12.1 Å². The van der Waals surface area contributed by atoms with E-state index in [9.17, 15) is 5.11 Å². The Kier molecular flexibility index (Phi) is 3.97. The van der Waals surface area contributed by atoms with Gasteiger partial charge in [-0.25, -0.2) is 0 Å². The second-order valence-electron chi connectivity index (χ2n) is 4.38. The van der Waals surface area contributed by atoms with Crippen LogP contribution in [0.15, 0.2) is 24.3 Å². The standard InChI is InChI=1S/C13H17N3O/c14-4-5-15-6-8-16(9-7-15)11-12-2-1-3-13(17)10-12/h1-3,10,17H,5-9,11H2. The lowest BCUT2D eigenvalue weighted by Gasteiger charge is -2.33. The van der Waals surface area contributed by atoms with Gasteiger partial charge in [0.1, 0.15) is 5.75 Å². The Bertz CT molecular complexity index is 405. The Balaban J connectivity index is 1.84. The van der Waals surface area contributed by atoms with Gasteiger partial charge in [-0.05, 0) is 17.7 Å². The van der Waals surface area contributed by atoms with Crippen molar-refractivity contribution in [1.29, 1.82) is 5.26 Å². The predicted molar refractivity (Wildman–Crippen MR) is 65.4 cm³/mol. The average Bonchev–Trinajstić information content (AvgIpc) is 2.32. The van der Waals surface area contributed by atoms with Crippen LogP contribution in [0.2, 0.25) is 0 Å². The quantitative estimate of drug-likeness (QED) is 0.789. The van der Waals surface area contributed by atoms with Crippen LogP contribution in [-0.4, -0.2) is 47.6 Å². The maximum absolute atomic E-state index is 9.39. The van der Waals surface area contributed by atoms with Crippen LogP contribution in [0.4, 0.5) is 0 Å². The van der Waals surface area contributed by atoms with Crippen LogP contribution in [-0.2, 0) is 6.54 Å². The summed E-state index contributed by atoms with van der Waals surface area (Å²) >= 11 is 0. The second kappa shape index (κ2) is 5.67. The molecule has 1 saturated heterocycles. The highest BCUT2D eigenvalue weighted by Gasteiger charge is 2.16. The lowest BCUT2D eigenvalue weighted by molar-refractivity contribution is 0.138. The average molecular weight is 231 g/mol. The smallest absolute Gasteiger partial charge is 0.115 e. The summed E-state index contributed by atoms with van der Waals surface area (Å²) in [6.45, 7) is 5.27. The molecule has 90 valence electrons. The molecule has 0 spiro atoms.